The monoisotopic (exact) mass is 309 g/mol. The Morgan fingerprint density at radius 3 is 2.67 bits per heavy atom. The third-order valence-corrected chi connectivity index (χ3v) is 4.22. The van der Waals surface area contributed by atoms with Gasteiger partial charge in [-0.05, 0) is 30.7 Å². The Morgan fingerprint density at radius 1 is 1.43 bits per heavy atom. The molecule has 7 nitrogen and oxygen atoms in total. The van der Waals surface area contributed by atoms with Crippen LogP contribution in [-0.2, 0) is 16.4 Å². The molecule has 1 aromatic carbocycles. The van der Waals surface area contributed by atoms with Crippen molar-refractivity contribution >= 4 is 21.7 Å². The molecule has 0 aliphatic carbocycles. The van der Waals surface area contributed by atoms with Crippen molar-refractivity contribution in [3.05, 3.63) is 41.3 Å². The van der Waals surface area contributed by atoms with Crippen LogP contribution in [0.1, 0.15) is 28.7 Å². The van der Waals surface area contributed by atoms with Gasteiger partial charge in [-0.25, -0.2) is 9.78 Å². The van der Waals surface area contributed by atoms with Gasteiger partial charge in [-0.3, -0.25) is 4.72 Å². The maximum Gasteiger partial charge on any atom is 0.335 e. The van der Waals surface area contributed by atoms with Crippen LogP contribution in [0.2, 0.25) is 0 Å². The van der Waals surface area contributed by atoms with E-state index in [1.54, 1.807) is 6.92 Å². The molecule has 2 rings (SSSR count). The predicted octanol–water partition coefficient (Wildman–Crippen LogP) is 1.78. The molecule has 0 unspecified atom stereocenters. The highest BCUT2D eigenvalue weighted by molar-refractivity contribution is 7.92. The number of aromatic amines is 1. The standard InChI is InChI=1S/C13H15N3O4S/c1-3-11-14-7-12(15-11)21(19,20)16-10-5-4-9(13(17)18)6-8(10)2/h4-7,16H,3H2,1-2H3,(H,14,15)(H,17,18). The van der Waals surface area contributed by atoms with E-state index >= 15 is 0 Å². The Balaban J connectivity index is 2.30. The fourth-order valence-corrected chi connectivity index (χ4v) is 2.84. The highest BCUT2D eigenvalue weighted by Crippen LogP contribution is 2.20. The number of nitrogens with one attached hydrogen (secondary N) is 2. The van der Waals surface area contributed by atoms with E-state index in [1.807, 2.05) is 6.92 Å². The summed E-state index contributed by atoms with van der Waals surface area (Å²) in [7, 11) is -3.77. The summed E-state index contributed by atoms with van der Waals surface area (Å²) in [6, 6.07) is 4.18. The number of anilines is 1. The fourth-order valence-electron chi connectivity index (χ4n) is 1.77. The van der Waals surface area contributed by atoms with Crippen molar-refractivity contribution in [2.75, 3.05) is 4.72 Å². The van der Waals surface area contributed by atoms with Crippen LogP contribution in [-0.4, -0.2) is 29.5 Å². The van der Waals surface area contributed by atoms with Crippen LogP contribution in [0, 0.1) is 6.92 Å². The summed E-state index contributed by atoms with van der Waals surface area (Å²) in [5.41, 5.74) is 0.951. The number of carboxylic acids is 1. The number of nitrogens with zero attached hydrogens (tertiary/aromatic N) is 1. The first-order valence-corrected chi connectivity index (χ1v) is 7.72. The molecule has 112 valence electrons. The Bertz CT molecular complexity index is 780. The van der Waals surface area contributed by atoms with Crippen LogP contribution in [0.3, 0.4) is 0 Å². The van der Waals surface area contributed by atoms with Gasteiger partial charge < -0.3 is 10.1 Å². The second kappa shape index (κ2) is 5.57. The molecule has 8 heteroatoms. The van der Waals surface area contributed by atoms with Gasteiger partial charge in [0.15, 0.2) is 5.03 Å². The number of aromatic nitrogens is 2. The van der Waals surface area contributed by atoms with Gasteiger partial charge in [0, 0.05) is 6.42 Å². The molecule has 0 radical (unpaired) electrons. The molecule has 0 bridgehead atoms. The van der Waals surface area contributed by atoms with Crippen LogP contribution in [0.5, 0.6) is 0 Å². The number of H-pyrrole nitrogens is 1. The van der Waals surface area contributed by atoms with Crippen LogP contribution in [0.4, 0.5) is 5.69 Å². The largest absolute Gasteiger partial charge is 0.478 e. The number of sulfonamides is 1. The van der Waals surface area contributed by atoms with E-state index < -0.39 is 16.0 Å². The Morgan fingerprint density at radius 2 is 2.14 bits per heavy atom. The summed E-state index contributed by atoms with van der Waals surface area (Å²) in [5, 5.41) is 8.86. The number of hydrogen-bond donors (Lipinski definition) is 3. The smallest absolute Gasteiger partial charge is 0.335 e. The van der Waals surface area contributed by atoms with Crippen molar-refractivity contribution in [1.29, 1.82) is 0 Å². The highest BCUT2D eigenvalue weighted by atomic mass is 32.2. The zero-order chi connectivity index (χ0) is 15.6. The number of imidazole rings is 1. The third kappa shape index (κ3) is 3.22. The molecule has 1 heterocycles. The van der Waals surface area contributed by atoms with Crippen LogP contribution in [0.15, 0.2) is 29.4 Å². The van der Waals surface area contributed by atoms with Crippen molar-refractivity contribution in [2.24, 2.45) is 0 Å². The average molecular weight is 309 g/mol. The van der Waals surface area contributed by atoms with Crippen molar-refractivity contribution in [1.82, 2.24) is 9.97 Å². The van der Waals surface area contributed by atoms with Crippen molar-refractivity contribution in [3.63, 3.8) is 0 Å². The minimum Gasteiger partial charge on any atom is -0.478 e. The minimum atomic E-state index is -3.77. The number of aryl methyl sites for hydroxylation is 2. The Labute approximate surface area is 122 Å². The molecule has 2 aromatic rings. The first kappa shape index (κ1) is 15.0. The lowest BCUT2D eigenvalue weighted by Gasteiger charge is -2.09. The number of benzene rings is 1. The van der Waals surface area contributed by atoms with Gasteiger partial charge in [0.05, 0.1) is 17.4 Å². The van der Waals surface area contributed by atoms with Gasteiger partial charge in [0.2, 0.25) is 0 Å². The summed E-state index contributed by atoms with van der Waals surface area (Å²) in [4.78, 5) is 17.5. The summed E-state index contributed by atoms with van der Waals surface area (Å²) in [6.45, 7) is 3.49. The Hall–Kier alpha value is -2.35. The Kier molecular flexibility index (Phi) is 3.99. The normalized spacial score (nSPS) is 11.3. The fraction of sp³-hybridized carbons (Fsp3) is 0.231. The number of rotatable bonds is 5. The molecule has 0 atom stereocenters. The number of hydrogen-bond acceptors (Lipinski definition) is 4. The summed E-state index contributed by atoms with van der Waals surface area (Å²) in [5.74, 6) is -0.484. The van der Waals surface area contributed by atoms with E-state index in [1.165, 1.54) is 24.4 Å². The van der Waals surface area contributed by atoms with Crippen LogP contribution in [0.25, 0.3) is 0 Å². The van der Waals surface area contributed by atoms with Gasteiger partial charge in [0.25, 0.3) is 10.0 Å². The van der Waals surface area contributed by atoms with E-state index in [9.17, 15) is 13.2 Å². The van der Waals surface area contributed by atoms with E-state index in [-0.39, 0.29) is 10.6 Å². The molecule has 1 aromatic heterocycles. The van der Waals surface area contributed by atoms with E-state index in [0.717, 1.165) is 0 Å². The number of aromatic carboxylic acids is 1. The summed E-state index contributed by atoms with van der Waals surface area (Å²) < 4.78 is 26.8. The van der Waals surface area contributed by atoms with E-state index in [0.29, 0.717) is 23.5 Å². The number of carbonyl (C=O) groups is 1. The van der Waals surface area contributed by atoms with Gasteiger partial charge in [-0.15, -0.1) is 0 Å². The molecule has 0 saturated carbocycles. The lowest BCUT2D eigenvalue weighted by Crippen LogP contribution is -2.14. The number of carboxylic acid groups (broad SMARTS) is 1. The van der Waals surface area contributed by atoms with Crippen molar-refractivity contribution < 1.29 is 18.3 Å². The SMILES string of the molecule is CCc1ncc(S(=O)(=O)Nc2ccc(C(=O)O)cc2C)[nH]1. The zero-order valence-corrected chi connectivity index (χ0v) is 12.4. The van der Waals surface area contributed by atoms with Gasteiger partial charge in [-0.2, -0.15) is 8.42 Å². The maximum absolute atomic E-state index is 12.2. The maximum atomic E-state index is 12.2. The molecule has 21 heavy (non-hydrogen) atoms. The first-order valence-electron chi connectivity index (χ1n) is 6.24. The highest BCUT2D eigenvalue weighted by Gasteiger charge is 2.18. The molecule has 0 aliphatic heterocycles. The molecular formula is C13H15N3O4S. The molecule has 0 aliphatic rings. The lowest BCUT2D eigenvalue weighted by atomic mass is 10.1. The predicted molar refractivity (Wildman–Crippen MR) is 76.9 cm³/mol. The van der Waals surface area contributed by atoms with Crippen LogP contribution < -0.4 is 4.72 Å². The quantitative estimate of drug-likeness (QED) is 0.779. The first-order chi connectivity index (χ1) is 9.83. The second-order valence-corrected chi connectivity index (χ2v) is 6.14. The molecule has 0 amide bonds. The third-order valence-electron chi connectivity index (χ3n) is 2.95. The molecule has 3 N–H and O–H groups in total. The van der Waals surface area contributed by atoms with Gasteiger partial charge in [0.1, 0.15) is 5.82 Å². The average Bonchev–Trinajstić information content (AvgIpc) is 2.90. The van der Waals surface area contributed by atoms with Crippen molar-refractivity contribution in [3.8, 4) is 0 Å². The van der Waals surface area contributed by atoms with Gasteiger partial charge >= 0.3 is 5.97 Å². The molecular weight excluding hydrogens is 294 g/mol. The van der Waals surface area contributed by atoms with Crippen LogP contribution >= 0.6 is 0 Å². The topological polar surface area (TPSA) is 112 Å². The van der Waals surface area contributed by atoms with E-state index in [4.69, 9.17) is 5.11 Å². The molecule has 0 fully saturated rings. The summed E-state index contributed by atoms with van der Waals surface area (Å²) in [6.07, 6.45) is 1.85. The zero-order valence-electron chi connectivity index (χ0n) is 11.5. The van der Waals surface area contributed by atoms with E-state index in [2.05, 4.69) is 14.7 Å². The molecule has 0 spiro atoms. The van der Waals surface area contributed by atoms with Gasteiger partial charge in [-0.1, -0.05) is 6.92 Å². The minimum absolute atomic E-state index is 0.0268. The second-order valence-electron chi connectivity index (χ2n) is 4.49. The lowest BCUT2D eigenvalue weighted by molar-refractivity contribution is 0.0697. The van der Waals surface area contributed by atoms with Crippen molar-refractivity contribution in [2.45, 2.75) is 25.3 Å². The summed E-state index contributed by atoms with van der Waals surface area (Å²) >= 11 is 0. The molecule has 0 saturated heterocycles.